The zero-order valence-electron chi connectivity index (χ0n) is 23.8. The molecule has 2 N–H and O–H groups in total. The second-order valence-electron chi connectivity index (χ2n) is 10.6. The van der Waals surface area contributed by atoms with Gasteiger partial charge in [-0.1, -0.05) is 55.2 Å². The van der Waals surface area contributed by atoms with Crippen molar-refractivity contribution in [2.45, 2.75) is 71.4 Å². The third kappa shape index (κ3) is 9.41. The molecule has 0 heterocycles. The molecule has 40 heavy (non-hydrogen) atoms. The van der Waals surface area contributed by atoms with Gasteiger partial charge >= 0.3 is 0 Å². The standard InChI is InChI=1S/C31H41Cl2N3O4/c1-5-17-40-28-19-26(33)15-12-24(28)7-6-16-34-30(38)27(18-22-8-13-25(32)14-9-22)35-29(37)21(3)36(4)31(39)20(2)23-10-11-23/h8-9,12-15,19-21,23,27H,5-7,10-11,16-18H2,1-4H3,(H,34,38)(H,35,37)/t20-,21+,27+/m0/s1. The molecular formula is C31H41Cl2N3O4. The van der Waals surface area contributed by atoms with E-state index < -0.39 is 12.1 Å². The summed E-state index contributed by atoms with van der Waals surface area (Å²) >= 11 is 12.2. The fourth-order valence-electron chi connectivity index (χ4n) is 4.54. The van der Waals surface area contributed by atoms with Crippen molar-refractivity contribution in [3.8, 4) is 5.75 Å². The van der Waals surface area contributed by atoms with Crippen molar-refractivity contribution in [2.24, 2.45) is 11.8 Å². The number of aryl methyl sites for hydroxylation is 1. The number of benzene rings is 2. The number of amides is 3. The predicted molar refractivity (Wildman–Crippen MR) is 160 cm³/mol. The zero-order chi connectivity index (χ0) is 29.2. The number of hydrogen-bond acceptors (Lipinski definition) is 4. The highest BCUT2D eigenvalue weighted by Crippen LogP contribution is 2.37. The van der Waals surface area contributed by atoms with Crippen LogP contribution in [0.1, 0.15) is 57.6 Å². The normalized spacial score (nSPS) is 15.1. The summed E-state index contributed by atoms with van der Waals surface area (Å²) in [6.07, 6.45) is 4.68. The number of nitrogens with one attached hydrogen (secondary N) is 2. The number of rotatable bonds is 15. The summed E-state index contributed by atoms with van der Waals surface area (Å²) in [6, 6.07) is 11.3. The summed E-state index contributed by atoms with van der Waals surface area (Å²) in [4.78, 5) is 40.8. The summed E-state index contributed by atoms with van der Waals surface area (Å²) < 4.78 is 5.83. The van der Waals surface area contributed by atoms with Crippen molar-refractivity contribution in [2.75, 3.05) is 20.2 Å². The van der Waals surface area contributed by atoms with Crippen molar-refractivity contribution >= 4 is 40.9 Å². The zero-order valence-corrected chi connectivity index (χ0v) is 25.4. The lowest BCUT2D eigenvalue weighted by molar-refractivity contribution is -0.142. The molecule has 9 heteroatoms. The molecule has 0 bridgehead atoms. The van der Waals surface area contributed by atoms with Crippen LogP contribution < -0.4 is 15.4 Å². The van der Waals surface area contributed by atoms with Gasteiger partial charge in [0.05, 0.1) is 6.61 Å². The van der Waals surface area contributed by atoms with Gasteiger partial charge in [0.15, 0.2) is 0 Å². The van der Waals surface area contributed by atoms with E-state index in [1.54, 1.807) is 26.1 Å². The van der Waals surface area contributed by atoms with Gasteiger partial charge in [-0.3, -0.25) is 14.4 Å². The van der Waals surface area contributed by atoms with Crippen LogP contribution in [0, 0.1) is 11.8 Å². The number of ether oxygens (including phenoxy) is 1. The number of likely N-dealkylation sites (N-methyl/N-ethyl adjacent to an activating group) is 1. The van der Waals surface area contributed by atoms with Crippen molar-refractivity contribution in [3.63, 3.8) is 0 Å². The van der Waals surface area contributed by atoms with Crippen LogP contribution in [-0.4, -0.2) is 54.9 Å². The molecule has 1 saturated carbocycles. The first-order valence-electron chi connectivity index (χ1n) is 14.1. The van der Waals surface area contributed by atoms with Gasteiger partial charge in [0.25, 0.3) is 0 Å². The molecule has 0 saturated heterocycles. The Kier molecular flexibility index (Phi) is 12.1. The van der Waals surface area contributed by atoms with Gasteiger partial charge in [0.2, 0.25) is 17.7 Å². The molecule has 3 atom stereocenters. The number of hydrogen-bond donors (Lipinski definition) is 2. The van der Waals surface area contributed by atoms with E-state index in [0.29, 0.717) is 48.4 Å². The van der Waals surface area contributed by atoms with Crippen molar-refractivity contribution in [1.82, 2.24) is 15.5 Å². The predicted octanol–water partition coefficient (Wildman–Crippen LogP) is 5.45. The molecule has 3 amide bonds. The van der Waals surface area contributed by atoms with E-state index in [2.05, 4.69) is 10.6 Å². The summed E-state index contributed by atoms with van der Waals surface area (Å²) in [5, 5.41) is 7.07. The minimum atomic E-state index is -0.806. The summed E-state index contributed by atoms with van der Waals surface area (Å²) in [6.45, 7) is 6.68. The fourth-order valence-corrected chi connectivity index (χ4v) is 4.83. The third-order valence-electron chi connectivity index (χ3n) is 7.43. The Morgan fingerprint density at radius 3 is 2.35 bits per heavy atom. The Morgan fingerprint density at radius 2 is 1.70 bits per heavy atom. The first-order valence-corrected chi connectivity index (χ1v) is 14.9. The van der Waals surface area contributed by atoms with Crippen molar-refractivity contribution in [3.05, 3.63) is 63.6 Å². The molecule has 1 aliphatic carbocycles. The smallest absolute Gasteiger partial charge is 0.243 e. The van der Waals surface area contributed by atoms with Crippen molar-refractivity contribution in [1.29, 1.82) is 0 Å². The van der Waals surface area contributed by atoms with Gasteiger partial charge in [0.1, 0.15) is 17.8 Å². The minimum Gasteiger partial charge on any atom is -0.493 e. The van der Waals surface area contributed by atoms with Gasteiger partial charge in [-0.05, 0) is 80.3 Å². The van der Waals surface area contributed by atoms with Crippen LogP contribution >= 0.6 is 23.2 Å². The maximum Gasteiger partial charge on any atom is 0.243 e. The molecular weight excluding hydrogens is 549 g/mol. The maximum atomic E-state index is 13.3. The van der Waals surface area contributed by atoms with E-state index in [1.807, 2.05) is 44.2 Å². The van der Waals surface area contributed by atoms with E-state index in [0.717, 1.165) is 36.1 Å². The Bertz CT molecular complexity index is 1150. The monoisotopic (exact) mass is 589 g/mol. The van der Waals surface area contributed by atoms with Crippen LogP contribution in [0.25, 0.3) is 0 Å². The maximum absolute atomic E-state index is 13.3. The summed E-state index contributed by atoms with van der Waals surface area (Å²) in [5.41, 5.74) is 1.89. The molecule has 1 fully saturated rings. The molecule has 1 aliphatic rings. The second kappa shape index (κ2) is 15.3. The Hall–Kier alpha value is -2.77. The van der Waals surface area contributed by atoms with Gasteiger partial charge in [-0.25, -0.2) is 0 Å². The quantitative estimate of drug-likeness (QED) is 0.270. The Labute approximate surface area is 247 Å². The highest BCUT2D eigenvalue weighted by molar-refractivity contribution is 6.30. The molecule has 2 aromatic rings. The molecule has 2 aromatic carbocycles. The summed E-state index contributed by atoms with van der Waals surface area (Å²) in [7, 11) is 1.65. The molecule has 0 spiro atoms. The van der Waals surface area contributed by atoms with E-state index in [9.17, 15) is 14.4 Å². The van der Waals surface area contributed by atoms with Crippen LogP contribution in [0.2, 0.25) is 10.0 Å². The van der Waals surface area contributed by atoms with E-state index in [1.165, 1.54) is 4.90 Å². The van der Waals surface area contributed by atoms with Crippen LogP contribution in [0.5, 0.6) is 5.75 Å². The highest BCUT2D eigenvalue weighted by atomic mass is 35.5. The molecule has 0 unspecified atom stereocenters. The van der Waals surface area contributed by atoms with Crippen molar-refractivity contribution < 1.29 is 19.1 Å². The Morgan fingerprint density at radius 1 is 1.02 bits per heavy atom. The minimum absolute atomic E-state index is 0.0478. The first-order chi connectivity index (χ1) is 19.1. The van der Waals surface area contributed by atoms with Gasteiger partial charge < -0.3 is 20.3 Å². The van der Waals surface area contributed by atoms with Gasteiger partial charge in [-0.15, -0.1) is 0 Å². The van der Waals surface area contributed by atoms with E-state index in [4.69, 9.17) is 27.9 Å². The SMILES string of the molecule is CCCOc1cc(Cl)ccc1CCCNC(=O)[C@@H](Cc1ccc(Cl)cc1)NC(=O)[C@@H](C)N(C)C(=O)[C@@H](C)C1CC1. The number of carbonyl (C=O) groups is 3. The molecule has 218 valence electrons. The average molecular weight is 591 g/mol. The topological polar surface area (TPSA) is 87.7 Å². The molecule has 3 rings (SSSR count). The lowest BCUT2D eigenvalue weighted by atomic mass is 10.0. The molecule has 7 nitrogen and oxygen atoms in total. The third-order valence-corrected chi connectivity index (χ3v) is 7.91. The van der Waals surface area contributed by atoms with Crippen LogP contribution in [0.4, 0.5) is 0 Å². The average Bonchev–Trinajstić information content (AvgIpc) is 3.79. The number of halogens is 2. The fraction of sp³-hybridized carbons (Fsp3) is 0.516. The van der Waals surface area contributed by atoms with Crippen LogP contribution in [0.15, 0.2) is 42.5 Å². The van der Waals surface area contributed by atoms with Crippen LogP contribution in [-0.2, 0) is 27.2 Å². The van der Waals surface area contributed by atoms with Gasteiger partial charge in [-0.2, -0.15) is 0 Å². The molecule has 0 radical (unpaired) electrons. The first kappa shape index (κ1) is 31.8. The van der Waals surface area contributed by atoms with E-state index >= 15 is 0 Å². The van der Waals surface area contributed by atoms with Crippen LogP contribution in [0.3, 0.4) is 0 Å². The second-order valence-corrected chi connectivity index (χ2v) is 11.5. The van der Waals surface area contributed by atoms with E-state index in [-0.39, 0.29) is 23.6 Å². The van der Waals surface area contributed by atoms with Gasteiger partial charge in [0, 0.05) is 36.0 Å². The largest absolute Gasteiger partial charge is 0.493 e. The number of carbonyl (C=O) groups excluding carboxylic acids is 3. The lowest BCUT2D eigenvalue weighted by Gasteiger charge is -2.28. The number of nitrogens with zero attached hydrogens (tertiary/aromatic N) is 1. The Balaban J connectivity index is 1.61. The summed E-state index contributed by atoms with van der Waals surface area (Å²) in [5.74, 6) is 0.351. The lowest BCUT2D eigenvalue weighted by Crippen LogP contribution is -2.54. The molecule has 0 aliphatic heterocycles. The highest BCUT2D eigenvalue weighted by Gasteiger charge is 2.36. The molecule has 0 aromatic heterocycles.